The van der Waals surface area contributed by atoms with Crippen molar-refractivity contribution >= 4 is 16.8 Å². The standard InChI is InChI=1S/C31H37FN4O4/c1-18-13-21(32)14-19(2)28(18)40-26-10-9-20(31(3,4)39)15-22(26)24-17-36(6)30(38)23-16-25(35-27(23)24)29(37)34-12-8-7-11-33-5/h9-10,13-17,33,35,39H,7-8,11-12H2,1-6H3,(H,34,37). The number of aromatic amines is 1. The number of unbranched alkanes of at least 4 members (excludes halogenated alkanes) is 1. The number of aliphatic hydroxyl groups is 1. The van der Waals surface area contributed by atoms with Crippen molar-refractivity contribution < 1.29 is 19.0 Å². The summed E-state index contributed by atoms with van der Waals surface area (Å²) in [6.45, 7) is 8.30. The van der Waals surface area contributed by atoms with Crippen molar-refractivity contribution in [2.24, 2.45) is 7.05 Å². The molecule has 4 N–H and O–H groups in total. The first-order chi connectivity index (χ1) is 18.9. The SMILES string of the molecule is CNCCCCNC(=O)c1cc2c(=O)n(C)cc(-c3cc(C(C)(C)O)ccc3Oc3c(C)cc(F)cc3C)c2[nH]1. The zero-order valence-corrected chi connectivity index (χ0v) is 23.9. The van der Waals surface area contributed by atoms with E-state index in [1.807, 2.05) is 13.1 Å². The van der Waals surface area contributed by atoms with Gasteiger partial charge < -0.3 is 30.0 Å². The Morgan fingerprint density at radius 2 is 1.75 bits per heavy atom. The molecule has 0 saturated carbocycles. The number of rotatable bonds is 10. The smallest absolute Gasteiger partial charge is 0.267 e. The molecule has 4 rings (SSSR count). The number of nitrogens with one attached hydrogen (secondary N) is 3. The van der Waals surface area contributed by atoms with Crippen LogP contribution in [-0.2, 0) is 12.6 Å². The summed E-state index contributed by atoms with van der Waals surface area (Å²) in [6, 6.07) is 9.72. The lowest BCUT2D eigenvalue weighted by molar-refractivity contribution is 0.0786. The molecule has 8 nitrogen and oxygen atoms in total. The molecule has 0 aliphatic heterocycles. The fourth-order valence-electron chi connectivity index (χ4n) is 4.77. The van der Waals surface area contributed by atoms with Gasteiger partial charge >= 0.3 is 0 Å². The highest BCUT2D eigenvalue weighted by Crippen LogP contribution is 2.40. The Kier molecular flexibility index (Phi) is 8.46. The van der Waals surface area contributed by atoms with Gasteiger partial charge in [0.15, 0.2) is 0 Å². The minimum atomic E-state index is -1.15. The minimum absolute atomic E-state index is 0.255. The second kappa shape index (κ2) is 11.7. The molecule has 0 aliphatic carbocycles. The summed E-state index contributed by atoms with van der Waals surface area (Å²) in [4.78, 5) is 29.2. The molecule has 0 spiro atoms. The highest BCUT2D eigenvalue weighted by molar-refractivity contribution is 6.02. The molecule has 40 heavy (non-hydrogen) atoms. The number of aromatic nitrogens is 2. The van der Waals surface area contributed by atoms with Crippen LogP contribution in [0.15, 0.2) is 47.4 Å². The number of carbonyl (C=O) groups is 1. The lowest BCUT2D eigenvalue weighted by atomic mass is 9.93. The van der Waals surface area contributed by atoms with Crippen molar-refractivity contribution in [2.45, 2.75) is 46.1 Å². The lowest BCUT2D eigenvalue weighted by Gasteiger charge is -2.22. The largest absolute Gasteiger partial charge is 0.456 e. The van der Waals surface area contributed by atoms with Crippen LogP contribution in [0.4, 0.5) is 4.39 Å². The van der Waals surface area contributed by atoms with Crippen molar-refractivity contribution in [2.75, 3.05) is 20.1 Å². The monoisotopic (exact) mass is 548 g/mol. The molecule has 0 unspecified atom stereocenters. The summed E-state index contributed by atoms with van der Waals surface area (Å²) >= 11 is 0. The second-order valence-corrected chi connectivity index (χ2v) is 10.7. The van der Waals surface area contributed by atoms with Crippen LogP contribution in [0.2, 0.25) is 0 Å². The molecule has 9 heteroatoms. The molecular weight excluding hydrogens is 511 g/mol. The predicted octanol–water partition coefficient (Wildman–Crippen LogP) is 5.04. The molecule has 0 fully saturated rings. The Morgan fingerprint density at radius 3 is 2.40 bits per heavy atom. The van der Waals surface area contributed by atoms with E-state index in [0.29, 0.717) is 56.8 Å². The normalized spacial score (nSPS) is 11.7. The van der Waals surface area contributed by atoms with E-state index in [4.69, 9.17) is 4.74 Å². The van der Waals surface area contributed by atoms with E-state index in [1.165, 1.54) is 16.7 Å². The first kappa shape index (κ1) is 29.0. The number of carbonyl (C=O) groups excluding carboxylic acids is 1. The van der Waals surface area contributed by atoms with Gasteiger partial charge in [0.25, 0.3) is 11.5 Å². The maximum Gasteiger partial charge on any atom is 0.267 e. The van der Waals surface area contributed by atoms with Crippen LogP contribution in [-0.4, -0.2) is 40.7 Å². The lowest BCUT2D eigenvalue weighted by Crippen LogP contribution is -2.25. The molecule has 0 bridgehead atoms. The molecule has 2 heterocycles. The van der Waals surface area contributed by atoms with Gasteiger partial charge in [0.2, 0.25) is 0 Å². The van der Waals surface area contributed by atoms with Crippen LogP contribution in [0, 0.1) is 19.7 Å². The number of hydrogen-bond donors (Lipinski definition) is 4. The Bertz CT molecular complexity index is 1590. The number of pyridine rings is 1. The van der Waals surface area contributed by atoms with Crippen molar-refractivity contribution in [3.8, 4) is 22.6 Å². The number of nitrogens with zero attached hydrogens (tertiary/aromatic N) is 1. The van der Waals surface area contributed by atoms with Gasteiger partial charge in [-0.2, -0.15) is 0 Å². The van der Waals surface area contributed by atoms with Gasteiger partial charge in [-0.05, 0) is 101 Å². The molecule has 1 amide bonds. The number of hydrogen-bond acceptors (Lipinski definition) is 5. The minimum Gasteiger partial charge on any atom is -0.456 e. The summed E-state index contributed by atoms with van der Waals surface area (Å²) in [5, 5.41) is 17.1. The van der Waals surface area contributed by atoms with Crippen molar-refractivity contribution in [1.29, 1.82) is 0 Å². The van der Waals surface area contributed by atoms with Crippen LogP contribution in [0.5, 0.6) is 11.5 Å². The van der Waals surface area contributed by atoms with Crippen LogP contribution in [0.25, 0.3) is 22.0 Å². The number of fused-ring (bicyclic) bond motifs is 1. The summed E-state index contributed by atoms with van der Waals surface area (Å²) in [7, 11) is 3.53. The third-order valence-electron chi connectivity index (χ3n) is 6.96. The third-order valence-corrected chi connectivity index (χ3v) is 6.96. The van der Waals surface area contributed by atoms with E-state index in [2.05, 4.69) is 15.6 Å². The molecule has 4 aromatic rings. The summed E-state index contributed by atoms with van der Waals surface area (Å²) in [5.74, 6) is 0.326. The average molecular weight is 549 g/mol. The summed E-state index contributed by atoms with van der Waals surface area (Å²) < 4.78 is 21.8. The summed E-state index contributed by atoms with van der Waals surface area (Å²) in [5.41, 5.74) is 2.47. The second-order valence-electron chi connectivity index (χ2n) is 10.7. The third kappa shape index (κ3) is 6.11. The zero-order chi connectivity index (χ0) is 29.2. The van der Waals surface area contributed by atoms with Crippen LogP contribution >= 0.6 is 0 Å². The van der Waals surface area contributed by atoms with E-state index >= 15 is 0 Å². The Labute approximate surface area is 233 Å². The number of amides is 1. The number of benzene rings is 2. The number of aryl methyl sites for hydroxylation is 3. The van der Waals surface area contributed by atoms with E-state index < -0.39 is 5.60 Å². The first-order valence-corrected chi connectivity index (χ1v) is 13.4. The fraction of sp³-hybridized carbons (Fsp3) is 0.355. The van der Waals surface area contributed by atoms with Crippen molar-refractivity contribution in [3.63, 3.8) is 0 Å². The number of H-pyrrole nitrogens is 1. The van der Waals surface area contributed by atoms with Gasteiger partial charge in [0.1, 0.15) is 23.0 Å². The van der Waals surface area contributed by atoms with E-state index in [0.717, 1.165) is 19.4 Å². The van der Waals surface area contributed by atoms with E-state index in [-0.39, 0.29) is 23.0 Å². The van der Waals surface area contributed by atoms with Crippen LogP contribution < -0.4 is 20.9 Å². The molecule has 0 aliphatic rings. The first-order valence-electron chi connectivity index (χ1n) is 13.4. The van der Waals surface area contributed by atoms with E-state index in [9.17, 15) is 19.1 Å². The Hall–Kier alpha value is -3.95. The van der Waals surface area contributed by atoms with Crippen LogP contribution in [0.1, 0.15) is 53.9 Å². The van der Waals surface area contributed by atoms with Crippen LogP contribution in [0.3, 0.4) is 0 Å². The molecule has 0 radical (unpaired) electrons. The maximum atomic E-state index is 14.0. The zero-order valence-electron chi connectivity index (χ0n) is 23.9. The maximum absolute atomic E-state index is 14.0. The Morgan fingerprint density at radius 1 is 1.07 bits per heavy atom. The van der Waals surface area contributed by atoms with Gasteiger partial charge in [-0.25, -0.2) is 4.39 Å². The molecular formula is C31H37FN4O4. The fourth-order valence-corrected chi connectivity index (χ4v) is 4.77. The molecule has 2 aromatic heterocycles. The van der Waals surface area contributed by atoms with Crippen molar-refractivity contribution in [3.05, 3.63) is 81.2 Å². The molecule has 0 saturated heterocycles. The van der Waals surface area contributed by atoms with Crippen molar-refractivity contribution in [1.82, 2.24) is 20.2 Å². The van der Waals surface area contributed by atoms with E-state index in [1.54, 1.807) is 59.1 Å². The summed E-state index contributed by atoms with van der Waals surface area (Å²) in [6.07, 6.45) is 3.44. The average Bonchev–Trinajstić information content (AvgIpc) is 3.33. The quantitative estimate of drug-likeness (QED) is 0.208. The molecule has 0 atom stereocenters. The Balaban J connectivity index is 1.85. The van der Waals surface area contributed by atoms with Gasteiger partial charge in [0.05, 0.1) is 16.5 Å². The number of halogens is 1. The van der Waals surface area contributed by atoms with Gasteiger partial charge in [-0.1, -0.05) is 6.07 Å². The highest BCUT2D eigenvalue weighted by Gasteiger charge is 2.23. The number of ether oxygens (including phenoxy) is 1. The highest BCUT2D eigenvalue weighted by atomic mass is 19.1. The predicted molar refractivity (Wildman–Crippen MR) is 156 cm³/mol. The van der Waals surface area contributed by atoms with Gasteiger partial charge in [0, 0.05) is 30.9 Å². The van der Waals surface area contributed by atoms with Gasteiger partial charge in [-0.3, -0.25) is 9.59 Å². The topological polar surface area (TPSA) is 108 Å². The van der Waals surface area contributed by atoms with Gasteiger partial charge in [-0.15, -0.1) is 0 Å². The molecule has 212 valence electrons. The molecule has 2 aromatic carbocycles.